The first-order valence-electron chi connectivity index (χ1n) is 9.29. The van der Waals surface area contributed by atoms with E-state index >= 15 is 0 Å². The fourth-order valence-electron chi connectivity index (χ4n) is 3.34. The van der Waals surface area contributed by atoms with E-state index in [4.69, 9.17) is 0 Å². The Labute approximate surface area is 149 Å². The predicted octanol–water partition coefficient (Wildman–Crippen LogP) is 5.39. The van der Waals surface area contributed by atoms with E-state index in [0.29, 0.717) is 16.8 Å². The summed E-state index contributed by atoms with van der Waals surface area (Å²) in [7, 11) is 0. The molecule has 0 fully saturated rings. The van der Waals surface area contributed by atoms with Gasteiger partial charge in [-0.05, 0) is 42.7 Å². The molecule has 0 radical (unpaired) electrons. The molecule has 1 aliphatic rings. The molecule has 2 amide bonds. The number of anilines is 1. The van der Waals surface area contributed by atoms with E-state index in [0.717, 1.165) is 6.42 Å². The molecule has 0 aromatic heterocycles. The first-order valence-corrected chi connectivity index (χ1v) is 9.29. The maximum absolute atomic E-state index is 12.5. The fraction of sp³-hybridized carbons (Fsp3) is 0.364. The Morgan fingerprint density at radius 2 is 1.28 bits per heavy atom. The zero-order chi connectivity index (χ0) is 17.6. The minimum absolute atomic E-state index is 0.232. The molecule has 0 bridgehead atoms. The van der Waals surface area contributed by atoms with Crippen LogP contribution in [0.2, 0.25) is 0 Å². The van der Waals surface area contributed by atoms with Crippen molar-refractivity contribution in [3.05, 3.63) is 65.2 Å². The van der Waals surface area contributed by atoms with Gasteiger partial charge in [-0.1, -0.05) is 63.3 Å². The number of nitrogens with zero attached hydrogens (tertiary/aromatic N) is 1. The Hall–Kier alpha value is -2.42. The number of imide groups is 1. The summed E-state index contributed by atoms with van der Waals surface area (Å²) in [6, 6.07) is 14.8. The molecule has 2 aromatic carbocycles. The molecular formula is C22H25NO2. The van der Waals surface area contributed by atoms with Crippen molar-refractivity contribution in [2.45, 2.75) is 51.9 Å². The molecule has 0 unspecified atom stereocenters. The number of carbonyl (C=O) groups is 2. The van der Waals surface area contributed by atoms with Crippen molar-refractivity contribution in [2.75, 3.05) is 4.90 Å². The van der Waals surface area contributed by atoms with Gasteiger partial charge in [0.1, 0.15) is 0 Å². The lowest BCUT2D eigenvalue weighted by Gasteiger charge is -2.14. The average molecular weight is 335 g/mol. The molecule has 130 valence electrons. The number of fused-ring (bicyclic) bond motifs is 1. The number of hydrogen-bond donors (Lipinski definition) is 0. The summed E-state index contributed by atoms with van der Waals surface area (Å²) in [5.74, 6) is -0.464. The predicted molar refractivity (Wildman–Crippen MR) is 101 cm³/mol. The van der Waals surface area contributed by atoms with Crippen molar-refractivity contribution in [1.82, 2.24) is 0 Å². The standard InChI is InChI=1S/C22H25NO2/c1-2-3-4-5-6-7-10-17-13-15-18(16-14-17)23-21(24)19-11-8-9-12-20(19)22(23)25/h8-9,11-16H,2-7,10H2,1H3. The molecule has 25 heavy (non-hydrogen) atoms. The van der Waals surface area contributed by atoms with Crippen LogP contribution < -0.4 is 4.90 Å². The molecule has 0 atom stereocenters. The number of unbranched alkanes of at least 4 members (excludes halogenated alkanes) is 5. The van der Waals surface area contributed by atoms with Crippen LogP contribution in [0.3, 0.4) is 0 Å². The van der Waals surface area contributed by atoms with E-state index in [-0.39, 0.29) is 11.8 Å². The second kappa shape index (κ2) is 8.11. The second-order valence-electron chi connectivity index (χ2n) is 6.68. The minimum Gasteiger partial charge on any atom is -0.268 e. The molecule has 3 rings (SSSR count). The van der Waals surface area contributed by atoms with Gasteiger partial charge in [0.15, 0.2) is 0 Å². The van der Waals surface area contributed by atoms with E-state index in [1.165, 1.54) is 49.0 Å². The van der Waals surface area contributed by atoms with Crippen molar-refractivity contribution < 1.29 is 9.59 Å². The van der Waals surface area contributed by atoms with Crippen LogP contribution in [0.4, 0.5) is 5.69 Å². The Bertz CT molecular complexity index is 714. The fourth-order valence-corrected chi connectivity index (χ4v) is 3.34. The van der Waals surface area contributed by atoms with Crippen LogP contribution in [0.1, 0.15) is 71.7 Å². The number of carbonyl (C=O) groups excluding carboxylic acids is 2. The minimum atomic E-state index is -0.232. The van der Waals surface area contributed by atoms with Crippen LogP contribution in [0.5, 0.6) is 0 Å². The molecular weight excluding hydrogens is 310 g/mol. The van der Waals surface area contributed by atoms with Crippen molar-refractivity contribution in [2.24, 2.45) is 0 Å². The van der Waals surface area contributed by atoms with E-state index in [1.807, 2.05) is 24.3 Å². The third kappa shape index (κ3) is 3.81. The van der Waals surface area contributed by atoms with Crippen molar-refractivity contribution >= 4 is 17.5 Å². The van der Waals surface area contributed by atoms with Gasteiger partial charge in [-0.3, -0.25) is 9.59 Å². The van der Waals surface area contributed by atoms with Gasteiger partial charge in [0.05, 0.1) is 16.8 Å². The van der Waals surface area contributed by atoms with Gasteiger partial charge in [0.25, 0.3) is 11.8 Å². The lowest BCUT2D eigenvalue weighted by Crippen LogP contribution is -2.29. The monoisotopic (exact) mass is 335 g/mol. The van der Waals surface area contributed by atoms with Crippen molar-refractivity contribution in [3.8, 4) is 0 Å². The highest BCUT2D eigenvalue weighted by atomic mass is 16.2. The molecule has 3 heteroatoms. The molecule has 1 aliphatic heterocycles. The van der Waals surface area contributed by atoms with Crippen LogP contribution in [-0.4, -0.2) is 11.8 Å². The van der Waals surface area contributed by atoms with Crippen LogP contribution in [-0.2, 0) is 6.42 Å². The Balaban J connectivity index is 1.60. The quantitative estimate of drug-likeness (QED) is 0.479. The normalized spacial score (nSPS) is 13.4. The van der Waals surface area contributed by atoms with Crippen molar-refractivity contribution in [3.63, 3.8) is 0 Å². The van der Waals surface area contributed by atoms with Gasteiger partial charge in [0, 0.05) is 0 Å². The number of benzene rings is 2. The molecule has 1 heterocycles. The smallest absolute Gasteiger partial charge is 0.266 e. The first-order chi connectivity index (χ1) is 12.2. The van der Waals surface area contributed by atoms with Crippen molar-refractivity contribution in [1.29, 1.82) is 0 Å². The summed E-state index contributed by atoms with van der Waals surface area (Å²) in [4.78, 5) is 26.3. The number of amides is 2. The van der Waals surface area contributed by atoms with Crippen LogP contribution in [0, 0.1) is 0 Å². The molecule has 0 saturated carbocycles. The number of hydrogen-bond acceptors (Lipinski definition) is 2. The van der Waals surface area contributed by atoms with Gasteiger partial charge in [-0.15, -0.1) is 0 Å². The molecule has 0 aliphatic carbocycles. The maximum atomic E-state index is 12.5. The molecule has 2 aromatic rings. The lowest BCUT2D eigenvalue weighted by atomic mass is 10.0. The molecule has 3 nitrogen and oxygen atoms in total. The number of aryl methyl sites for hydroxylation is 1. The summed E-state index contributed by atoms with van der Waals surface area (Å²) in [6.07, 6.45) is 8.75. The Kier molecular flexibility index (Phi) is 5.64. The second-order valence-corrected chi connectivity index (χ2v) is 6.68. The van der Waals surface area contributed by atoms with Gasteiger partial charge in [-0.2, -0.15) is 0 Å². The van der Waals surface area contributed by atoms with Crippen LogP contribution >= 0.6 is 0 Å². The Morgan fingerprint density at radius 3 is 1.88 bits per heavy atom. The van der Waals surface area contributed by atoms with E-state index < -0.39 is 0 Å². The molecule has 0 N–H and O–H groups in total. The summed E-state index contributed by atoms with van der Waals surface area (Å²) in [5, 5.41) is 0. The van der Waals surface area contributed by atoms with E-state index in [9.17, 15) is 9.59 Å². The summed E-state index contributed by atoms with van der Waals surface area (Å²) < 4.78 is 0. The third-order valence-corrected chi connectivity index (χ3v) is 4.81. The maximum Gasteiger partial charge on any atom is 0.266 e. The largest absolute Gasteiger partial charge is 0.268 e. The highest BCUT2D eigenvalue weighted by Gasteiger charge is 2.36. The summed E-state index contributed by atoms with van der Waals surface area (Å²) in [6.45, 7) is 2.23. The highest BCUT2D eigenvalue weighted by Crippen LogP contribution is 2.28. The summed E-state index contributed by atoms with van der Waals surface area (Å²) >= 11 is 0. The summed E-state index contributed by atoms with van der Waals surface area (Å²) in [5.41, 5.74) is 2.89. The van der Waals surface area contributed by atoms with Gasteiger partial charge >= 0.3 is 0 Å². The SMILES string of the molecule is CCCCCCCCc1ccc(N2C(=O)c3ccccc3C2=O)cc1. The van der Waals surface area contributed by atoms with Gasteiger partial charge in [0.2, 0.25) is 0 Å². The van der Waals surface area contributed by atoms with E-state index in [1.54, 1.807) is 24.3 Å². The van der Waals surface area contributed by atoms with Crippen LogP contribution in [0.15, 0.2) is 48.5 Å². The van der Waals surface area contributed by atoms with Crippen LogP contribution in [0.25, 0.3) is 0 Å². The topological polar surface area (TPSA) is 37.4 Å². The highest BCUT2D eigenvalue weighted by molar-refractivity contribution is 6.34. The lowest BCUT2D eigenvalue weighted by molar-refractivity contribution is 0.0926. The zero-order valence-electron chi connectivity index (χ0n) is 14.8. The average Bonchev–Trinajstić information content (AvgIpc) is 2.90. The zero-order valence-corrected chi connectivity index (χ0v) is 14.8. The first kappa shape index (κ1) is 17.4. The third-order valence-electron chi connectivity index (χ3n) is 4.81. The van der Waals surface area contributed by atoms with Gasteiger partial charge in [-0.25, -0.2) is 4.90 Å². The molecule has 0 saturated heterocycles. The Morgan fingerprint density at radius 1 is 0.720 bits per heavy atom. The molecule has 0 spiro atoms. The van der Waals surface area contributed by atoms with Gasteiger partial charge < -0.3 is 0 Å². The van der Waals surface area contributed by atoms with E-state index in [2.05, 4.69) is 6.92 Å². The number of rotatable bonds is 8.